The molecule has 0 spiro atoms. The van der Waals surface area contributed by atoms with E-state index in [0.717, 1.165) is 56.0 Å². The molecule has 7 nitrogen and oxygen atoms in total. The number of aromatic nitrogens is 1. The number of hydrogen-bond acceptors (Lipinski definition) is 7. The van der Waals surface area contributed by atoms with Crippen molar-refractivity contribution in [1.29, 1.82) is 0 Å². The normalized spacial score (nSPS) is 20.2. The van der Waals surface area contributed by atoms with Crippen LogP contribution >= 0.6 is 0 Å². The minimum Gasteiger partial charge on any atom is -0.395 e. The zero-order valence-electron chi connectivity index (χ0n) is 18.9. The van der Waals surface area contributed by atoms with Crippen molar-refractivity contribution < 1.29 is 14.7 Å². The van der Waals surface area contributed by atoms with E-state index in [4.69, 9.17) is 5.11 Å². The summed E-state index contributed by atoms with van der Waals surface area (Å²) >= 11 is 0. The van der Waals surface area contributed by atoms with Crippen LogP contribution in [0.4, 0.5) is 0 Å². The van der Waals surface area contributed by atoms with Crippen molar-refractivity contribution >= 4 is 11.6 Å². The monoisotopic (exact) mass is 448 g/mol. The second kappa shape index (κ2) is 11.3. The third-order valence-corrected chi connectivity index (χ3v) is 6.56. The van der Waals surface area contributed by atoms with Crippen LogP contribution in [0.5, 0.6) is 0 Å². The van der Waals surface area contributed by atoms with E-state index in [1.165, 1.54) is 0 Å². The summed E-state index contributed by atoms with van der Waals surface area (Å²) in [5.41, 5.74) is 3.42. The van der Waals surface area contributed by atoms with E-state index in [2.05, 4.69) is 20.1 Å². The Morgan fingerprint density at radius 1 is 0.939 bits per heavy atom. The number of piperazine rings is 1. The molecule has 2 heterocycles. The highest BCUT2D eigenvalue weighted by Gasteiger charge is 2.32. The van der Waals surface area contributed by atoms with Crippen molar-refractivity contribution in [1.82, 2.24) is 20.1 Å². The molecule has 4 rings (SSSR count). The van der Waals surface area contributed by atoms with Crippen molar-refractivity contribution in [2.24, 2.45) is 0 Å². The summed E-state index contributed by atoms with van der Waals surface area (Å²) in [5.74, 6) is -0.293. The third kappa shape index (κ3) is 5.93. The second-order valence-electron chi connectivity index (χ2n) is 8.69. The standard InChI is InChI=1S/C26H32N4O3/c31-16-15-30-13-11-29(12-14-30)10-9-28-19-24-25(32)17-21(18-26(24)33)23-4-2-1-3-22(23)20-5-7-27-8-6-20/h1-8,19,21,28,31H,9-18H2. The number of pyridine rings is 1. The number of carbonyl (C=O) groups excluding carboxylic acids is 2. The number of allylic oxidation sites excluding steroid dienone is 1. The lowest BCUT2D eigenvalue weighted by atomic mass is 9.78. The molecule has 0 amide bonds. The van der Waals surface area contributed by atoms with Crippen LogP contribution in [0.15, 0.2) is 60.6 Å². The van der Waals surface area contributed by atoms with Crippen LogP contribution in [0.25, 0.3) is 11.1 Å². The molecule has 1 aromatic carbocycles. The Morgan fingerprint density at radius 3 is 2.24 bits per heavy atom. The number of β-amino-alcohol motifs (C(OH)–C–C–N with tert-alkyl or cyclic N) is 1. The zero-order valence-corrected chi connectivity index (χ0v) is 18.9. The Bertz CT molecular complexity index is 964. The molecule has 1 aliphatic carbocycles. The van der Waals surface area contributed by atoms with Gasteiger partial charge in [-0.2, -0.15) is 0 Å². The van der Waals surface area contributed by atoms with E-state index in [0.29, 0.717) is 25.0 Å². The van der Waals surface area contributed by atoms with Crippen LogP contribution in [0.3, 0.4) is 0 Å². The maximum Gasteiger partial charge on any atom is 0.168 e. The largest absolute Gasteiger partial charge is 0.395 e. The average molecular weight is 449 g/mol. The third-order valence-electron chi connectivity index (χ3n) is 6.56. The first-order chi connectivity index (χ1) is 16.2. The summed E-state index contributed by atoms with van der Waals surface area (Å²) in [6.45, 7) is 6.34. The first-order valence-electron chi connectivity index (χ1n) is 11.7. The van der Waals surface area contributed by atoms with Crippen LogP contribution < -0.4 is 5.32 Å². The Labute approximate surface area is 195 Å². The van der Waals surface area contributed by atoms with Gasteiger partial charge in [0.2, 0.25) is 0 Å². The van der Waals surface area contributed by atoms with Crippen LogP contribution in [0, 0.1) is 0 Å². The van der Waals surface area contributed by atoms with Gasteiger partial charge in [-0.1, -0.05) is 24.3 Å². The number of carbonyl (C=O) groups is 2. The molecule has 1 aliphatic heterocycles. The molecule has 1 saturated carbocycles. The Kier molecular flexibility index (Phi) is 7.99. The van der Waals surface area contributed by atoms with Crippen LogP contribution in [0.1, 0.15) is 24.3 Å². The summed E-state index contributed by atoms with van der Waals surface area (Å²) < 4.78 is 0. The second-order valence-corrected chi connectivity index (χ2v) is 8.69. The quantitative estimate of drug-likeness (QED) is 0.362. The fourth-order valence-corrected chi connectivity index (χ4v) is 4.70. The highest BCUT2D eigenvalue weighted by molar-refractivity contribution is 6.22. The van der Waals surface area contributed by atoms with Crippen LogP contribution in [-0.4, -0.2) is 83.9 Å². The number of hydrogen-bond donors (Lipinski definition) is 2. The Hall–Kier alpha value is -2.87. The smallest absolute Gasteiger partial charge is 0.168 e. The molecule has 2 N–H and O–H groups in total. The molecule has 2 aromatic rings. The first kappa shape index (κ1) is 23.3. The van der Waals surface area contributed by atoms with Gasteiger partial charge >= 0.3 is 0 Å². The van der Waals surface area contributed by atoms with Gasteiger partial charge in [-0.25, -0.2) is 0 Å². The molecule has 2 fully saturated rings. The van der Waals surface area contributed by atoms with Crippen molar-refractivity contribution in [3.63, 3.8) is 0 Å². The summed E-state index contributed by atoms with van der Waals surface area (Å²) in [5, 5.41) is 12.2. The lowest BCUT2D eigenvalue weighted by molar-refractivity contribution is -0.124. The molecule has 2 aliphatic rings. The lowest BCUT2D eigenvalue weighted by Crippen LogP contribution is -2.48. The van der Waals surface area contributed by atoms with Gasteiger partial charge in [0, 0.05) is 77.2 Å². The number of ketones is 2. The number of aliphatic hydroxyl groups excluding tert-OH is 1. The lowest BCUT2D eigenvalue weighted by Gasteiger charge is -2.34. The zero-order chi connectivity index (χ0) is 23.0. The molecule has 0 atom stereocenters. The highest BCUT2D eigenvalue weighted by atomic mass is 16.3. The molecule has 0 bridgehead atoms. The molecular formula is C26H32N4O3. The molecular weight excluding hydrogens is 416 g/mol. The molecule has 0 radical (unpaired) electrons. The van der Waals surface area contributed by atoms with E-state index in [1.807, 2.05) is 36.4 Å². The maximum absolute atomic E-state index is 12.9. The van der Waals surface area contributed by atoms with Crippen molar-refractivity contribution in [3.8, 4) is 11.1 Å². The van der Waals surface area contributed by atoms with E-state index in [1.54, 1.807) is 18.6 Å². The predicted molar refractivity (Wildman–Crippen MR) is 128 cm³/mol. The van der Waals surface area contributed by atoms with Gasteiger partial charge in [0.25, 0.3) is 0 Å². The summed E-state index contributed by atoms with van der Waals surface area (Å²) in [4.78, 5) is 34.4. The molecule has 1 saturated heterocycles. The average Bonchev–Trinajstić information content (AvgIpc) is 2.85. The molecule has 174 valence electrons. The number of benzene rings is 1. The van der Waals surface area contributed by atoms with Gasteiger partial charge in [-0.3, -0.25) is 24.4 Å². The number of aliphatic hydroxyl groups is 1. The SMILES string of the molecule is O=C1CC(c2ccccc2-c2ccncc2)CC(=O)C1=CNCCN1CCN(CCO)CC1. The van der Waals surface area contributed by atoms with Gasteiger partial charge < -0.3 is 10.4 Å². The van der Waals surface area contributed by atoms with Crippen molar-refractivity contribution in [2.75, 3.05) is 52.4 Å². The maximum atomic E-state index is 12.9. The summed E-state index contributed by atoms with van der Waals surface area (Å²) in [6, 6.07) is 11.9. The fourth-order valence-electron chi connectivity index (χ4n) is 4.70. The van der Waals surface area contributed by atoms with Crippen molar-refractivity contribution in [2.45, 2.75) is 18.8 Å². The topological polar surface area (TPSA) is 85.8 Å². The molecule has 33 heavy (non-hydrogen) atoms. The molecule has 0 unspecified atom stereocenters. The number of nitrogens with zero attached hydrogens (tertiary/aromatic N) is 3. The van der Waals surface area contributed by atoms with E-state index in [9.17, 15) is 9.59 Å². The Balaban J connectivity index is 1.32. The van der Waals surface area contributed by atoms with E-state index >= 15 is 0 Å². The summed E-state index contributed by atoms with van der Waals surface area (Å²) in [7, 11) is 0. The minimum absolute atomic E-state index is 0.0918. The minimum atomic E-state index is -0.110. The number of nitrogens with one attached hydrogen (secondary N) is 1. The van der Waals surface area contributed by atoms with Crippen LogP contribution in [-0.2, 0) is 9.59 Å². The van der Waals surface area contributed by atoms with Gasteiger partial charge in [-0.05, 0) is 34.7 Å². The molecule has 7 heteroatoms. The van der Waals surface area contributed by atoms with Gasteiger partial charge in [0.15, 0.2) is 11.6 Å². The molecule has 1 aromatic heterocycles. The van der Waals surface area contributed by atoms with Crippen LogP contribution in [0.2, 0.25) is 0 Å². The van der Waals surface area contributed by atoms with Gasteiger partial charge in [-0.15, -0.1) is 0 Å². The first-order valence-corrected chi connectivity index (χ1v) is 11.7. The van der Waals surface area contributed by atoms with Crippen molar-refractivity contribution in [3.05, 3.63) is 66.1 Å². The number of rotatable bonds is 8. The Morgan fingerprint density at radius 2 is 1.58 bits per heavy atom. The number of Topliss-reactive ketones (excluding diaryl/α,β-unsaturated/α-hetero) is 2. The highest BCUT2D eigenvalue weighted by Crippen LogP contribution is 2.37. The van der Waals surface area contributed by atoms with E-state index in [-0.39, 0.29) is 24.1 Å². The van der Waals surface area contributed by atoms with Gasteiger partial charge in [0.05, 0.1) is 12.2 Å². The summed E-state index contributed by atoms with van der Waals surface area (Å²) in [6.07, 6.45) is 5.82. The van der Waals surface area contributed by atoms with E-state index < -0.39 is 0 Å². The predicted octanol–water partition coefficient (Wildman–Crippen LogP) is 1.85. The fraction of sp³-hybridized carbons (Fsp3) is 0.423. The van der Waals surface area contributed by atoms with Gasteiger partial charge in [0.1, 0.15) is 0 Å².